The third kappa shape index (κ3) is 2.49. The fourth-order valence-electron chi connectivity index (χ4n) is 7.92. The van der Waals surface area contributed by atoms with E-state index in [1.54, 1.807) is 11.1 Å². The van der Waals surface area contributed by atoms with Crippen LogP contribution in [0.3, 0.4) is 0 Å². The van der Waals surface area contributed by atoms with Gasteiger partial charge in [-0.15, -0.1) is 0 Å². The molecule has 6 aliphatic rings. The Kier molecular flexibility index (Phi) is 4.10. The summed E-state index contributed by atoms with van der Waals surface area (Å²) >= 11 is 0. The topological polar surface area (TPSA) is 33.1 Å². The van der Waals surface area contributed by atoms with Crippen LogP contribution in [0.2, 0.25) is 0 Å². The van der Waals surface area contributed by atoms with Crippen LogP contribution in [0.1, 0.15) is 64.4 Å². The largest absolute Gasteiger partial charge is 0.393 e. The Morgan fingerprint density at radius 1 is 0.900 bits per heavy atom. The second-order valence-corrected chi connectivity index (χ2v) is 10.8. The van der Waals surface area contributed by atoms with E-state index in [2.05, 4.69) is 62.5 Å². The molecule has 2 saturated carbocycles. The normalized spacial score (nSPS) is 40.2. The summed E-state index contributed by atoms with van der Waals surface area (Å²) in [6, 6.07) is 10.7. The molecule has 1 heterocycles. The molecule has 1 aliphatic heterocycles. The number of aromatic nitrogens is 1. The molecule has 0 spiro atoms. The van der Waals surface area contributed by atoms with Crippen LogP contribution in [0, 0.1) is 28.6 Å². The van der Waals surface area contributed by atoms with Gasteiger partial charge in [-0.2, -0.15) is 0 Å². The molecule has 2 heteroatoms. The number of aliphatic hydroxyl groups is 1. The van der Waals surface area contributed by atoms with E-state index in [0.717, 1.165) is 36.3 Å². The van der Waals surface area contributed by atoms with Crippen LogP contribution >= 0.6 is 0 Å². The van der Waals surface area contributed by atoms with E-state index in [9.17, 15) is 5.11 Å². The highest BCUT2D eigenvalue weighted by Gasteiger charge is 2.57. The summed E-state index contributed by atoms with van der Waals surface area (Å²) in [5.41, 5.74) is 7.46. The van der Waals surface area contributed by atoms with E-state index in [1.807, 2.05) is 0 Å². The van der Waals surface area contributed by atoms with Gasteiger partial charge in [-0.3, -0.25) is 4.98 Å². The lowest BCUT2D eigenvalue weighted by molar-refractivity contribution is -0.0238. The summed E-state index contributed by atoms with van der Waals surface area (Å²) in [7, 11) is 0. The zero-order chi connectivity index (χ0) is 20.5. The van der Waals surface area contributed by atoms with Gasteiger partial charge in [0.25, 0.3) is 0 Å². The number of hydrogen-bond donors (Lipinski definition) is 1. The molecular weight excluding hydrogens is 366 g/mol. The van der Waals surface area contributed by atoms with Gasteiger partial charge in [0.15, 0.2) is 0 Å². The summed E-state index contributed by atoms with van der Waals surface area (Å²) in [5.74, 6) is 2.28. The molecule has 0 aromatic rings. The molecular formula is C28H33NO. The maximum absolute atomic E-state index is 10.2. The van der Waals surface area contributed by atoms with Crippen LogP contribution in [0.4, 0.5) is 0 Å². The number of aliphatic hydroxyl groups excluding tert-OH is 1. The van der Waals surface area contributed by atoms with Gasteiger partial charge in [0.1, 0.15) is 0 Å². The highest BCUT2D eigenvalue weighted by molar-refractivity contribution is 5.84. The van der Waals surface area contributed by atoms with Gasteiger partial charge in [0.05, 0.1) is 11.8 Å². The summed E-state index contributed by atoms with van der Waals surface area (Å²) in [6.45, 7) is 5.06. The van der Waals surface area contributed by atoms with Crippen molar-refractivity contribution in [2.24, 2.45) is 28.6 Å². The summed E-state index contributed by atoms with van der Waals surface area (Å²) in [6.07, 6.45) is 15.2. The van der Waals surface area contributed by atoms with Crippen LogP contribution in [0.25, 0.3) is 16.8 Å². The summed E-state index contributed by atoms with van der Waals surface area (Å²) < 4.78 is 0. The van der Waals surface area contributed by atoms with Crippen LogP contribution < -0.4 is 0 Å². The monoisotopic (exact) mass is 399 g/mol. The predicted octanol–water partition coefficient (Wildman–Crippen LogP) is 6.50. The SMILES string of the molecule is C[C@]12CC[C@H](O)CC1=CC[C@@H]1[C@@H]2CC[C@]2(C)C(c3cnc4cccccc3-4)=CC[C@@H]12. The lowest BCUT2D eigenvalue weighted by atomic mass is 9.47. The summed E-state index contributed by atoms with van der Waals surface area (Å²) in [4.78, 5) is 4.75. The Morgan fingerprint density at radius 2 is 1.73 bits per heavy atom. The number of nitrogens with zero attached hydrogens (tertiary/aromatic N) is 1. The molecule has 0 aromatic carbocycles. The first-order chi connectivity index (χ1) is 14.5. The second kappa shape index (κ2) is 6.53. The third-order valence-corrected chi connectivity index (χ3v) is 9.59. The van der Waals surface area contributed by atoms with Crippen molar-refractivity contribution in [1.29, 1.82) is 0 Å². The lowest BCUT2D eigenvalue weighted by Gasteiger charge is -2.57. The van der Waals surface area contributed by atoms with Crippen molar-refractivity contribution in [3.05, 3.63) is 59.8 Å². The zero-order valence-electron chi connectivity index (χ0n) is 18.3. The fourth-order valence-corrected chi connectivity index (χ4v) is 7.92. The minimum absolute atomic E-state index is 0.117. The first-order valence-corrected chi connectivity index (χ1v) is 11.9. The van der Waals surface area contributed by atoms with Gasteiger partial charge in [-0.05, 0) is 85.2 Å². The molecule has 1 N–H and O–H groups in total. The molecule has 0 aromatic heterocycles. The molecule has 6 atom stereocenters. The second-order valence-electron chi connectivity index (χ2n) is 10.8. The standard InChI is InChI=1S/C28H33NO/c1-27-14-12-19(30)16-18(27)8-9-21-23-10-11-24(28(23,2)15-13-25(21)27)22-17-29-26-7-5-3-4-6-20(22)26/h3-8,11,17,19,21,23,25,30H,9-10,12-16H2,1-2H3/t19-,21-,23-,25-,27-,28-/m0/s1. The summed E-state index contributed by atoms with van der Waals surface area (Å²) in [5, 5.41) is 10.2. The first-order valence-electron chi connectivity index (χ1n) is 11.9. The van der Waals surface area contributed by atoms with Crippen molar-refractivity contribution in [3.63, 3.8) is 0 Å². The van der Waals surface area contributed by atoms with E-state index in [-0.39, 0.29) is 11.5 Å². The van der Waals surface area contributed by atoms with Crippen molar-refractivity contribution in [2.75, 3.05) is 0 Å². The van der Waals surface area contributed by atoms with Gasteiger partial charge < -0.3 is 5.11 Å². The number of fused-ring (bicyclic) bond motifs is 6. The van der Waals surface area contributed by atoms with Gasteiger partial charge in [-0.1, -0.05) is 55.8 Å². The lowest BCUT2D eigenvalue weighted by Crippen LogP contribution is -2.49. The Bertz CT molecular complexity index is 1020. The Hall–Kier alpha value is -1.93. The molecule has 0 radical (unpaired) electrons. The maximum atomic E-state index is 10.2. The number of rotatable bonds is 1. The quantitative estimate of drug-likeness (QED) is 0.555. The minimum atomic E-state index is -0.117. The van der Waals surface area contributed by atoms with Gasteiger partial charge >= 0.3 is 0 Å². The first kappa shape index (κ1) is 18.8. The van der Waals surface area contributed by atoms with E-state index < -0.39 is 0 Å². The number of allylic oxidation sites excluding steroid dienone is 3. The molecule has 0 saturated heterocycles. The van der Waals surface area contributed by atoms with E-state index in [1.165, 1.54) is 43.2 Å². The average Bonchev–Trinajstić information content (AvgIpc) is 3.19. The predicted molar refractivity (Wildman–Crippen MR) is 122 cm³/mol. The third-order valence-electron chi connectivity index (χ3n) is 9.59. The van der Waals surface area contributed by atoms with Crippen molar-refractivity contribution < 1.29 is 5.11 Å². The van der Waals surface area contributed by atoms with Gasteiger partial charge in [0.2, 0.25) is 0 Å². The molecule has 6 rings (SSSR count). The van der Waals surface area contributed by atoms with Crippen LogP contribution in [-0.4, -0.2) is 16.2 Å². The van der Waals surface area contributed by atoms with Crippen molar-refractivity contribution in [2.45, 2.75) is 64.9 Å². The van der Waals surface area contributed by atoms with E-state index in [4.69, 9.17) is 4.98 Å². The van der Waals surface area contributed by atoms with Gasteiger partial charge in [-0.25, -0.2) is 0 Å². The van der Waals surface area contributed by atoms with E-state index >= 15 is 0 Å². The van der Waals surface area contributed by atoms with Gasteiger partial charge in [0, 0.05) is 17.3 Å². The smallest absolute Gasteiger partial charge is 0.0708 e. The average molecular weight is 400 g/mol. The van der Waals surface area contributed by atoms with Crippen LogP contribution in [0.15, 0.2) is 54.3 Å². The highest BCUT2D eigenvalue weighted by Crippen LogP contribution is 2.66. The molecule has 2 fully saturated rings. The maximum Gasteiger partial charge on any atom is 0.0708 e. The van der Waals surface area contributed by atoms with Crippen LogP contribution in [0.5, 0.6) is 0 Å². The Balaban J connectivity index is 1.35. The van der Waals surface area contributed by atoms with Crippen molar-refractivity contribution in [1.82, 2.24) is 4.98 Å². The van der Waals surface area contributed by atoms with Crippen molar-refractivity contribution in [3.8, 4) is 11.3 Å². The minimum Gasteiger partial charge on any atom is -0.393 e. The molecule has 30 heavy (non-hydrogen) atoms. The molecule has 0 bridgehead atoms. The Labute approximate surface area is 180 Å². The molecule has 0 amide bonds. The Morgan fingerprint density at radius 3 is 2.63 bits per heavy atom. The molecule has 5 aliphatic carbocycles. The zero-order valence-corrected chi connectivity index (χ0v) is 18.3. The van der Waals surface area contributed by atoms with E-state index in [0.29, 0.717) is 5.41 Å². The van der Waals surface area contributed by atoms with Crippen LogP contribution in [-0.2, 0) is 0 Å². The molecule has 2 nitrogen and oxygen atoms in total. The fraction of sp³-hybridized carbons (Fsp3) is 0.536. The molecule has 156 valence electrons. The molecule has 0 unspecified atom stereocenters. The van der Waals surface area contributed by atoms with Crippen molar-refractivity contribution >= 4 is 5.57 Å². The highest BCUT2D eigenvalue weighted by atomic mass is 16.3. The number of hydrogen-bond acceptors (Lipinski definition) is 2.